The highest BCUT2D eigenvalue weighted by Gasteiger charge is 2.16. The summed E-state index contributed by atoms with van der Waals surface area (Å²) in [5, 5.41) is 5.54. The third kappa shape index (κ3) is 4.53. The summed E-state index contributed by atoms with van der Waals surface area (Å²) in [6.07, 6.45) is 3.60. The van der Waals surface area contributed by atoms with E-state index in [0.717, 1.165) is 4.57 Å². The number of amides is 2. The first-order valence-electron chi connectivity index (χ1n) is 10.7. The second-order valence-electron chi connectivity index (χ2n) is 7.78. The zero-order chi connectivity index (χ0) is 24.2. The number of fused-ring (bicyclic) bond motifs is 1. The van der Waals surface area contributed by atoms with E-state index in [1.165, 1.54) is 24.2 Å². The second-order valence-corrected chi connectivity index (χ2v) is 7.78. The molecule has 0 saturated carbocycles. The monoisotopic (exact) mass is 464 g/mol. The summed E-state index contributed by atoms with van der Waals surface area (Å²) in [4.78, 5) is 53.9. The predicted molar refractivity (Wildman–Crippen MR) is 124 cm³/mol. The molecule has 0 aliphatic rings. The van der Waals surface area contributed by atoms with Gasteiger partial charge in [0.2, 0.25) is 5.91 Å². The number of anilines is 1. The minimum Gasteiger partial charge on any atom is -0.467 e. The first kappa shape index (κ1) is 22.8. The summed E-state index contributed by atoms with van der Waals surface area (Å²) in [5.74, 6) is 0.0199. The van der Waals surface area contributed by atoms with Crippen molar-refractivity contribution in [1.29, 1.82) is 0 Å². The van der Waals surface area contributed by atoms with Crippen molar-refractivity contribution in [2.75, 3.05) is 5.32 Å². The highest BCUT2D eigenvalue weighted by molar-refractivity contribution is 6.03. The van der Waals surface area contributed by atoms with Crippen molar-refractivity contribution < 1.29 is 14.0 Å². The highest BCUT2D eigenvalue weighted by atomic mass is 16.3. The fraction of sp³-hybridized carbons (Fsp3) is 0.261. The molecule has 0 aliphatic heterocycles. The summed E-state index contributed by atoms with van der Waals surface area (Å²) in [7, 11) is 2.97. The first-order chi connectivity index (χ1) is 16.4. The molecular formula is C23H24N6O5. The maximum Gasteiger partial charge on any atom is 0.332 e. The molecule has 2 N–H and O–H groups in total. The standard InChI is InChI=1S/C23H24N6O5/c1-27-20-19(22(32)28(2)23(27)33)29(14-25-20)11-5-10-18(30)26-17-9-4-3-8-16(17)21(31)24-13-15-7-6-12-34-15/h3-4,6-9,12,14H,5,10-11,13H2,1-2H3,(H,24,31)(H,26,30). The van der Waals surface area contributed by atoms with Gasteiger partial charge in [0, 0.05) is 27.1 Å². The van der Waals surface area contributed by atoms with Crippen LogP contribution in [-0.4, -0.2) is 30.5 Å². The van der Waals surface area contributed by atoms with Gasteiger partial charge in [-0.15, -0.1) is 0 Å². The van der Waals surface area contributed by atoms with Crippen LogP contribution in [0.2, 0.25) is 0 Å². The molecule has 0 spiro atoms. The van der Waals surface area contributed by atoms with Gasteiger partial charge < -0.3 is 19.6 Å². The minimum absolute atomic E-state index is 0.161. The molecule has 0 atom stereocenters. The molecule has 0 fully saturated rings. The van der Waals surface area contributed by atoms with Crippen molar-refractivity contribution in [3.05, 3.63) is 81.2 Å². The number of aromatic nitrogens is 4. The van der Waals surface area contributed by atoms with Gasteiger partial charge in [0.05, 0.1) is 30.4 Å². The van der Waals surface area contributed by atoms with Crippen LogP contribution in [0.3, 0.4) is 0 Å². The number of nitrogens with zero attached hydrogens (tertiary/aromatic N) is 4. The van der Waals surface area contributed by atoms with Gasteiger partial charge in [0.15, 0.2) is 11.2 Å². The number of furan rings is 1. The van der Waals surface area contributed by atoms with Gasteiger partial charge in [0.25, 0.3) is 11.5 Å². The SMILES string of the molecule is Cn1c(=O)c2c(ncn2CCCC(=O)Nc2ccccc2C(=O)NCc2ccco2)n(C)c1=O. The van der Waals surface area contributed by atoms with Crippen LogP contribution >= 0.6 is 0 Å². The van der Waals surface area contributed by atoms with Gasteiger partial charge in [-0.3, -0.25) is 23.5 Å². The fourth-order valence-electron chi connectivity index (χ4n) is 3.66. The van der Waals surface area contributed by atoms with E-state index in [-0.39, 0.29) is 24.8 Å². The third-order valence-corrected chi connectivity index (χ3v) is 5.47. The van der Waals surface area contributed by atoms with Crippen LogP contribution in [-0.2, 0) is 32.0 Å². The Morgan fingerprint density at radius 3 is 2.62 bits per heavy atom. The van der Waals surface area contributed by atoms with Crippen molar-refractivity contribution in [1.82, 2.24) is 24.0 Å². The van der Waals surface area contributed by atoms with Crippen molar-refractivity contribution >= 4 is 28.7 Å². The number of para-hydroxylation sites is 1. The van der Waals surface area contributed by atoms with Crippen molar-refractivity contribution in [3.63, 3.8) is 0 Å². The van der Waals surface area contributed by atoms with E-state index in [0.29, 0.717) is 41.1 Å². The quantitative estimate of drug-likeness (QED) is 0.405. The molecule has 4 rings (SSSR count). The van der Waals surface area contributed by atoms with Crippen molar-refractivity contribution in [2.45, 2.75) is 25.9 Å². The Bertz CT molecular complexity index is 1460. The molecule has 0 aliphatic carbocycles. The molecule has 0 unspecified atom stereocenters. The molecule has 11 heteroatoms. The van der Waals surface area contributed by atoms with Crippen LogP contribution in [0.4, 0.5) is 5.69 Å². The molecule has 11 nitrogen and oxygen atoms in total. The van der Waals surface area contributed by atoms with Crippen molar-refractivity contribution in [3.8, 4) is 0 Å². The number of rotatable bonds is 8. The Kier molecular flexibility index (Phi) is 6.44. The third-order valence-electron chi connectivity index (χ3n) is 5.47. The average molecular weight is 464 g/mol. The lowest BCUT2D eigenvalue weighted by Crippen LogP contribution is -2.37. The molecule has 0 radical (unpaired) electrons. The predicted octanol–water partition coefficient (Wildman–Crippen LogP) is 1.38. The van der Waals surface area contributed by atoms with Crippen molar-refractivity contribution in [2.24, 2.45) is 14.1 Å². The zero-order valence-corrected chi connectivity index (χ0v) is 18.8. The maximum absolute atomic E-state index is 12.6. The molecular weight excluding hydrogens is 440 g/mol. The van der Waals surface area contributed by atoms with Crippen LogP contribution in [0.25, 0.3) is 11.2 Å². The summed E-state index contributed by atoms with van der Waals surface area (Å²) in [6.45, 7) is 0.598. The largest absolute Gasteiger partial charge is 0.467 e. The molecule has 4 aromatic rings. The Balaban J connectivity index is 1.38. The van der Waals surface area contributed by atoms with E-state index in [9.17, 15) is 19.2 Å². The fourth-order valence-corrected chi connectivity index (χ4v) is 3.66. The topological polar surface area (TPSA) is 133 Å². The number of hydrogen-bond donors (Lipinski definition) is 2. The van der Waals surface area contributed by atoms with Gasteiger partial charge in [-0.25, -0.2) is 9.78 Å². The number of imidazole rings is 1. The van der Waals surface area contributed by atoms with Crippen LogP contribution in [0, 0.1) is 0 Å². The van der Waals surface area contributed by atoms with E-state index < -0.39 is 11.2 Å². The molecule has 3 heterocycles. The summed E-state index contributed by atoms with van der Waals surface area (Å²) < 4.78 is 9.20. The number of aryl methyl sites for hydroxylation is 2. The Morgan fingerprint density at radius 2 is 1.85 bits per heavy atom. The molecule has 0 saturated heterocycles. The molecule has 0 bridgehead atoms. The molecule has 2 amide bonds. The first-order valence-corrected chi connectivity index (χ1v) is 10.7. The highest BCUT2D eigenvalue weighted by Crippen LogP contribution is 2.16. The smallest absolute Gasteiger partial charge is 0.332 e. The average Bonchev–Trinajstić information content (AvgIpc) is 3.50. The Labute approximate surface area is 193 Å². The van der Waals surface area contributed by atoms with Gasteiger partial charge in [-0.05, 0) is 30.7 Å². The van der Waals surface area contributed by atoms with Crippen LogP contribution in [0.1, 0.15) is 29.0 Å². The minimum atomic E-state index is -0.450. The van der Waals surface area contributed by atoms with E-state index >= 15 is 0 Å². The number of carbonyl (C=O) groups is 2. The Morgan fingerprint density at radius 1 is 1.06 bits per heavy atom. The van der Waals surface area contributed by atoms with Crippen LogP contribution < -0.4 is 21.9 Å². The molecule has 3 aromatic heterocycles. The summed E-state index contributed by atoms with van der Waals surface area (Å²) in [6, 6.07) is 10.2. The normalized spacial score (nSPS) is 11.0. The number of nitrogens with one attached hydrogen (secondary N) is 2. The summed E-state index contributed by atoms with van der Waals surface area (Å²) >= 11 is 0. The lowest BCUT2D eigenvalue weighted by molar-refractivity contribution is -0.116. The summed E-state index contributed by atoms with van der Waals surface area (Å²) in [5.41, 5.74) is 0.466. The zero-order valence-electron chi connectivity index (χ0n) is 18.8. The van der Waals surface area contributed by atoms with Gasteiger partial charge in [-0.2, -0.15) is 0 Å². The van der Waals surface area contributed by atoms with E-state index in [4.69, 9.17) is 4.42 Å². The maximum atomic E-state index is 12.6. The van der Waals surface area contributed by atoms with Crippen LogP contribution in [0.5, 0.6) is 0 Å². The Hall–Kier alpha value is -4.41. The van der Waals surface area contributed by atoms with E-state index in [1.54, 1.807) is 48.0 Å². The lowest BCUT2D eigenvalue weighted by Gasteiger charge is -2.11. The molecule has 176 valence electrons. The number of carbonyl (C=O) groups excluding carboxylic acids is 2. The van der Waals surface area contributed by atoms with Crippen LogP contribution in [0.15, 0.2) is 63.0 Å². The molecule has 1 aromatic carbocycles. The number of hydrogen-bond acceptors (Lipinski definition) is 6. The second kappa shape index (κ2) is 9.61. The van der Waals surface area contributed by atoms with E-state index in [1.807, 2.05) is 0 Å². The van der Waals surface area contributed by atoms with Gasteiger partial charge >= 0.3 is 5.69 Å². The lowest BCUT2D eigenvalue weighted by atomic mass is 10.1. The number of benzene rings is 1. The molecule has 34 heavy (non-hydrogen) atoms. The van der Waals surface area contributed by atoms with Gasteiger partial charge in [0.1, 0.15) is 5.76 Å². The van der Waals surface area contributed by atoms with E-state index in [2.05, 4.69) is 15.6 Å². The van der Waals surface area contributed by atoms with Gasteiger partial charge in [-0.1, -0.05) is 12.1 Å².